The first-order chi connectivity index (χ1) is 8.03. The second kappa shape index (κ2) is 6.18. The molecule has 0 aromatic heterocycles. The second-order valence-corrected chi connectivity index (χ2v) is 5.42. The Kier molecular flexibility index (Phi) is 5.16. The lowest BCUT2D eigenvalue weighted by Crippen LogP contribution is -2.51. The molecule has 17 heavy (non-hydrogen) atoms. The third-order valence-electron chi connectivity index (χ3n) is 3.35. The molecule has 0 aliphatic heterocycles. The number of rotatable bonds is 6. The fraction of sp³-hybridized carbons (Fsp3) is 0.600. The molecule has 96 valence electrons. The molecule has 0 fully saturated rings. The van der Waals surface area contributed by atoms with Crippen LogP contribution < -0.4 is 5.32 Å². The number of nitrogens with one attached hydrogen (secondary N) is 1. The van der Waals surface area contributed by atoms with Gasteiger partial charge in [-0.2, -0.15) is 0 Å². The van der Waals surface area contributed by atoms with Crippen molar-refractivity contribution in [1.82, 2.24) is 5.32 Å². The largest absolute Gasteiger partial charge is 0.394 e. The predicted molar refractivity (Wildman–Crippen MR) is 72.9 cm³/mol. The zero-order valence-electron chi connectivity index (χ0n) is 11.4. The van der Waals surface area contributed by atoms with Gasteiger partial charge in [0, 0.05) is 0 Å². The molecule has 0 radical (unpaired) electrons. The molecule has 1 unspecified atom stereocenters. The number of hydrogen-bond donors (Lipinski definition) is 2. The monoisotopic (exact) mass is 235 g/mol. The third-order valence-corrected chi connectivity index (χ3v) is 3.35. The average Bonchev–Trinajstić information content (AvgIpc) is 2.31. The summed E-state index contributed by atoms with van der Waals surface area (Å²) in [4.78, 5) is 0. The van der Waals surface area contributed by atoms with Crippen LogP contribution in [0.4, 0.5) is 0 Å². The van der Waals surface area contributed by atoms with Crippen molar-refractivity contribution in [2.24, 2.45) is 11.8 Å². The van der Waals surface area contributed by atoms with Gasteiger partial charge >= 0.3 is 0 Å². The molecular weight excluding hydrogens is 210 g/mol. The summed E-state index contributed by atoms with van der Waals surface area (Å²) < 4.78 is 0. The van der Waals surface area contributed by atoms with Crippen molar-refractivity contribution in [3.63, 3.8) is 0 Å². The van der Waals surface area contributed by atoms with Crippen LogP contribution in [0.3, 0.4) is 0 Å². The van der Waals surface area contributed by atoms with Crippen molar-refractivity contribution in [1.29, 1.82) is 0 Å². The maximum atomic E-state index is 9.85. The van der Waals surface area contributed by atoms with Crippen LogP contribution in [0.1, 0.15) is 33.3 Å². The fourth-order valence-corrected chi connectivity index (χ4v) is 2.09. The summed E-state index contributed by atoms with van der Waals surface area (Å²) in [6.45, 7) is 9.70. The van der Waals surface area contributed by atoms with Gasteiger partial charge < -0.3 is 10.4 Å². The van der Waals surface area contributed by atoms with Crippen molar-refractivity contribution in [3.8, 4) is 0 Å². The maximum Gasteiger partial charge on any atom is 0.0692 e. The average molecular weight is 235 g/mol. The topological polar surface area (TPSA) is 32.3 Å². The Morgan fingerprint density at radius 2 is 1.71 bits per heavy atom. The van der Waals surface area contributed by atoms with Crippen molar-refractivity contribution in [3.05, 3.63) is 35.9 Å². The standard InChI is InChI=1S/C15H25NO/c1-12(2)10-16-15(11-17,13(3)4)14-8-6-5-7-9-14/h5-9,12-13,16-17H,10-11H2,1-4H3. The highest BCUT2D eigenvalue weighted by Gasteiger charge is 2.34. The van der Waals surface area contributed by atoms with Gasteiger partial charge in [-0.05, 0) is 23.9 Å². The molecule has 0 amide bonds. The van der Waals surface area contributed by atoms with E-state index in [2.05, 4.69) is 45.1 Å². The summed E-state index contributed by atoms with van der Waals surface area (Å²) >= 11 is 0. The zero-order chi connectivity index (χ0) is 12.9. The molecular formula is C15H25NO. The molecule has 1 atom stereocenters. The van der Waals surface area contributed by atoms with E-state index in [4.69, 9.17) is 0 Å². The fourth-order valence-electron chi connectivity index (χ4n) is 2.09. The first kappa shape index (κ1) is 14.2. The molecule has 0 saturated heterocycles. The van der Waals surface area contributed by atoms with E-state index >= 15 is 0 Å². The van der Waals surface area contributed by atoms with Crippen LogP contribution >= 0.6 is 0 Å². The van der Waals surface area contributed by atoms with E-state index in [9.17, 15) is 5.11 Å². The minimum absolute atomic E-state index is 0.126. The Morgan fingerprint density at radius 3 is 2.12 bits per heavy atom. The maximum absolute atomic E-state index is 9.85. The summed E-state index contributed by atoms with van der Waals surface area (Å²) in [6, 6.07) is 10.2. The van der Waals surface area contributed by atoms with Gasteiger partial charge in [-0.15, -0.1) is 0 Å². The molecule has 1 aromatic rings. The molecule has 0 saturated carbocycles. The van der Waals surface area contributed by atoms with Crippen LogP contribution in [0.5, 0.6) is 0 Å². The van der Waals surface area contributed by atoms with Crippen molar-refractivity contribution >= 4 is 0 Å². The third kappa shape index (κ3) is 3.30. The number of hydrogen-bond acceptors (Lipinski definition) is 2. The molecule has 0 spiro atoms. The second-order valence-electron chi connectivity index (χ2n) is 5.42. The molecule has 2 nitrogen and oxygen atoms in total. The molecule has 2 heteroatoms. The summed E-state index contributed by atoms with van der Waals surface area (Å²) in [5.74, 6) is 0.914. The summed E-state index contributed by atoms with van der Waals surface area (Å²) in [5, 5.41) is 13.4. The van der Waals surface area contributed by atoms with Gasteiger partial charge in [-0.3, -0.25) is 0 Å². The summed E-state index contributed by atoms with van der Waals surface area (Å²) in [5.41, 5.74) is 0.837. The zero-order valence-corrected chi connectivity index (χ0v) is 11.4. The first-order valence-corrected chi connectivity index (χ1v) is 6.44. The lowest BCUT2D eigenvalue weighted by atomic mass is 9.80. The van der Waals surface area contributed by atoms with Crippen LogP contribution in [-0.2, 0) is 5.54 Å². The van der Waals surface area contributed by atoms with Crippen molar-refractivity contribution in [2.75, 3.05) is 13.2 Å². The van der Waals surface area contributed by atoms with Gasteiger partial charge in [-0.25, -0.2) is 0 Å². The highest BCUT2D eigenvalue weighted by molar-refractivity contribution is 5.25. The lowest BCUT2D eigenvalue weighted by Gasteiger charge is -2.38. The highest BCUT2D eigenvalue weighted by Crippen LogP contribution is 2.29. The van der Waals surface area contributed by atoms with Crippen molar-refractivity contribution in [2.45, 2.75) is 33.2 Å². The number of benzene rings is 1. The molecule has 0 heterocycles. The number of aliphatic hydroxyl groups is 1. The molecule has 1 aromatic carbocycles. The Bertz CT molecular complexity index is 321. The van der Waals surface area contributed by atoms with Crippen LogP contribution in [0, 0.1) is 11.8 Å². The van der Waals surface area contributed by atoms with E-state index in [1.807, 2.05) is 18.2 Å². The Morgan fingerprint density at radius 1 is 1.12 bits per heavy atom. The minimum atomic E-state index is -0.328. The van der Waals surface area contributed by atoms with Gasteiger partial charge in [0.15, 0.2) is 0 Å². The van der Waals surface area contributed by atoms with Crippen molar-refractivity contribution < 1.29 is 5.11 Å². The minimum Gasteiger partial charge on any atom is -0.394 e. The molecule has 1 rings (SSSR count). The molecule has 0 bridgehead atoms. The van der Waals surface area contributed by atoms with Crippen LogP contribution in [0.25, 0.3) is 0 Å². The Labute approximate surface area is 105 Å². The van der Waals surface area contributed by atoms with Crippen LogP contribution in [-0.4, -0.2) is 18.3 Å². The quantitative estimate of drug-likeness (QED) is 0.794. The Hall–Kier alpha value is -0.860. The van der Waals surface area contributed by atoms with E-state index in [1.54, 1.807) is 0 Å². The van der Waals surface area contributed by atoms with E-state index < -0.39 is 0 Å². The van der Waals surface area contributed by atoms with Gasteiger partial charge in [0.05, 0.1) is 12.1 Å². The Balaban J connectivity index is 3.00. The van der Waals surface area contributed by atoms with E-state index in [0.29, 0.717) is 11.8 Å². The highest BCUT2D eigenvalue weighted by atomic mass is 16.3. The predicted octanol–water partition coefficient (Wildman–Crippen LogP) is 2.78. The summed E-state index contributed by atoms with van der Waals surface area (Å²) in [7, 11) is 0. The van der Waals surface area contributed by atoms with E-state index in [-0.39, 0.29) is 12.1 Å². The van der Waals surface area contributed by atoms with Gasteiger partial charge in [-0.1, -0.05) is 58.0 Å². The van der Waals surface area contributed by atoms with Gasteiger partial charge in [0.1, 0.15) is 0 Å². The van der Waals surface area contributed by atoms with Crippen LogP contribution in [0.15, 0.2) is 30.3 Å². The lowest BCUT2D eigenvalue weighted by molar-refractivity contribution is 0.113. The van der Waals surface area contributed by atoms with E-state index in [0.717, 1.165) is 12.1 Å². The van der Waals surface area contributed by atoms with Gasteiger partial charge in [0.25, 0.3) is 0 Å². The smallest absolute Gasteiger partial charge is 0.0692 e. The molecule has 0 aliphatic rings. The van der Waals surface area contributed by atoms with E-state index in [1.165, 1.54) is 0 Å². The first-order valence-electron chi connectivity index (χ1n) is 6.44. The van der Waals surface area contributed by atoms with Crippen LogP contribution in [0.2, 0.25) is 0 Å². The summed E-state index contributed by atoms with van der Waals surface area (Å²) in [6.07, 6.45) is 0. The molecule has 0 aliphatic carbocycles. The normalized spacial score (nSPS) is 15.2. The SMILES string of the molecule is CC(C)CNC(CO)(c1ccccc1)C(C)C. The van der Waals surface area contributed by atoms with Gasteiger partial charge in [0.2, 0.25) is 0 Å². The number of aliphatic hydroxyl groups excluding tert-OH is 1. The molecule has 2 N–H and O–H groups in total.